The molecule has 1 rings (SSSR count). The normalized spacial score (nSPS) is 12.4. The van der Waals surface area contributed by atoms with Crippen molar-refractivity contribution in [2.75, 3.05) is 0 Å². The topological polar surface area (TPSA) is 128 Å². The minimum absolute atomic E-state index is 0.00730. The number of ketones is 1. The van der Waals surface area contributed by atoms with Gasteiger partial charge in [0.25, 0.3) is 0 Å². The van der Waals surface area contributed by atoms with Crippen molar-refractivity contribution >= 4 is 29.7 Å². The molecule has 0 aromatic heterocycles. The van der Waals surface area contributed by atoms with E-state index in [0.717, 1.165) is 0 Å². The van der Waals surface area contributed by atoms with Gasteiger partial charge < -0.3 is 21.4 Å². The number of halogens is 1. The highest BCUT2D eigenvalue weighted by Crippen LogP contribution is 2.05. The SMILES string of the molecule is CCC(=O)N[C@@H](CC)C(=O)N[C@@H](CCC(=O)C=N)C(=O)NCc1ccc(F)cc1. The summed E-state index contributed by atoms with van der Waals surface area (Å²) in [6.45, 7) is 3.50. The summed E-state index contributed by atoms with van der Waals surface area (Å²) in [7, 11) is 0. The first kappa shape index (κ1) is 23.9. The molecule has 0 fully saturated rings. The van der Waals surface area contributed by atoms with Crippen LogP contribution in [-0.4, -0.2) is 41.8 Å². The Labute approximate surface area is 169 Å². The van der Waals surface area contributed by atoms with Gasteiger partial charge in [0.15, 0.2) is 5.78 Å². The van der Waals surface area contributed by atoms with Crippen LogP contribution in [0.4, 0.5) is 4.39 Å². The van der Waals surface area contributed by atoms with Crippen LogP contribution in [0.5, 0.6) is 0 Å². The lowest BCUT2D eigenvalue weighted by atomic mass is 10.1. The van der Waals surface area contributed by atoms with Crippen LogP contribution in [0.2, 0.25) is 0 Å². The second-order valence-corrected chi connectivity index (χ2v) is 6.44. The maximum Gasteiger partial charge on any atom is 0.243 e. The number of carbonyl (C=O) groups excluding carboxylic acids is 4. The van der Waals surface area contributed by atoms with Crippen molar-refractivity contribution in [1.82, 2.24) is 16.0 Å². The molecule has 29 heavy (non-hydrogen) atoms. The molecule has 1 aromatic rings. The summed E-state index contributed by atoms with van der Waals surface area (Å²) in [6, 6.07) is 3.77. The van der Waals surface area contributed by atoms with Crippen molar-refractivity contribution in [2.24, 2.45) is 0 Å². The molecule has 0 aliphatic heterocycles. The van der Waals surface area contributed by atoms with E-state index in [-0.39, 0.29) is 31.7 Å². The van der Waals surface area contributed by atoms with E-state index in [4.69, 9.17) is 5.41 Å². The number of hydrogen-bond donors (Lipinski definition) is 4. The summed E-state index contributed by atoms with van der Waals surface area (Å²) < 4.78 is 13.0. The molecule has 8 nitrogen and oxygen atoms in total. The summed E-state index contributed by atoms with van der Waals surface area (Å²) in [5.74, 6) is -2.20. The van der Waals surface area contributed by atoms with Crippen LogP contribution in [0.3, 0.4) is 0 Å². The standard InChI is InChI=1S/C20H27FN4O4/c1-3-16(24-18(27)4-2)20(29)25-17(10-9-15(26)11-22)19(28)23-12-13-5-7-14(21)8-6-13/h5-8,11,16-17,22H,3-4,9-10,12H2,1-2H3,(H,23,28)(H,24,27)(H,25,29)/t16-,17-/m0/s1. The minimum atomic E-state index is -1.01. The predicted molar refractivity (Wildman–Crippen MR) is 106 cm³/mol. The summed E-state index contributed by atoms with van der Waals surface area (Å²) in [4.78, 5) is 48.0. The second-order valence-electron chi connectivity index (χ2n) is 6.44. The molecular weight excluding hydrogens is 379 g/mol. The van der Waals surface area contributed by atoms with E-state index >= 15 is 0 Å². The number of Topliss-reactive ketones (excluding diaryl/α,β-unsaturated/α-hetero) is 1. The van der Waals surface area contributed by atoms with Crippen LogP contribution >= 0.6 is 0 Å². The third-order valence-electron chi connectivity index (χ3n) is 4.23. The molecule has 0 aliphatic carbocycles. The maximum atomic E-state index is 13.0. The van der Waals surface area contributed by atoms with Gasteiger partial charge in [-0.25, -0.2) is 4.39 Å². The quantitative estimate of drug-likeness (QED) is 0.389. The number of amides is 3. The summed E-state index contributed by atoms with van der Waals surface area (Å²) in [5, 5.41) is 14.8. The Morgan fingerprint density at radius 2 is 1.69 bits per heavy atom. The van der Waals surface area contributed by atoms with Crippen LogP contribution in [0.15, 0.2) is 24.3 Å². The van der Waals surface area contributed by atoms with Crippen LogP contribution < -0.4 is 16.0 Å². The second kappa shape index (κ2) is 12.4. The van der Waals surface area contributed by atoms with Gasteiger partial charge >= 0.3 is 0 Å². The van der Waals surface area contributed by atoms with Crippen LogP contribution in [0.25, 0.3) is 0 Å². The molecule has 0 bridgehead atoms. The Bertz CT molecular complexity index is 737. The highest BCUT2D eigenvalue weighted by molar-refractivity contribution is 6.26. The first-order valence-electron chi connectivity index (χ1n) is 9.45. The predicted octanol–water partition coefficient (Wildman–Crippen LogP) is 1.23. The fraction of sp³-hybridized carbons (Fsp3) is 0.450. The van der Waals surface area contributed by atoms with Crippen molar-refractivity contribution < 1.29 is 23.6 Å². The van der Waals surface area contributed by atoms with Crippen LogP contribution in [0, 0.1) is 11.2 Å². The Morgan fingerprint density at radius 3 is 2.24 bits per heavy atom. The average Bonchev–Trinajstić information content (AvgIpc) is 2.73. The van der Waals surface area contributed by atoms with Crippen molar-refractivity contribution in [2.45, 2.75) is 58.2 Å². The third kappa shape index (κ3) is 8.63. The Morgan fingerprint density at radius 1 is 1.03 bits per heavy atom. The van der Waals surface area contributed by atoms with Gasteiger partial charge in [0.05, 0.1) is 6.21 Å². The first-order valence-corrected chi connectivity index (χ1v) is 9.45. The molecule has 3 amide bonds. The van der Waals surface area contributed by atoms with E-state index in [1.54, 1.807) is 13.8 Å². The largest absolute Gasteiger partial charge is 0.350 e. The summed E-state index contributed by atoms with van der Waals surface area (Å²) >= 11 is 0. The fourth-order valence-corrected chi connectivity index (χ4v) is 2.46. The third-order valence-corrected chi connectivity index (χ3v) is 4.23. The lowest BCUT2D eigenvalue weighted by molar-refractivity contribution is -0.132. The zero-order valence-corrected chi connectivity index (χ0v) is 16.6. The van der Waals surface area contributed by atoms with Crippen LogP contribution in [0.1, 0.15) is 45.1 Å². The lowest BCUT2D eigenvalue weighted by Gasteiger charge is -2.22. The molecule has 0 saturated carbocycles. The van der Waals surface area contributed by atoms with Crippen molar-refractivity contribution in [3.05, 3.63) is 35.6 Å². The molecule has 4 N–H and O–H groups in total. The van der Waals surface area contributed by atoms with E-state index < -0.39 is 35.5 Å². The first-order chi connectivity index (χ1) is 13.8. The molecule has 0 heterocycles. The summed E-state index contributed by atoms with van der Waals surface area (Å²) in [6.07, 6.45) is 1.13. The fourth-order valence-electron chi connectivity index (χ4n) is 2.46. The van der Waals surface area contributed by atoms with Gasteiger partial charge in [-0.3, -0.25) is 19.2 Å². The van der Waals surface area contributed by atoms with Gasteiger partial charge in [-0.15, -0.1) is 0 Å². The van der Waals surface area contributed by atoms with Crippen molar-refractivity contribution in [3.63, 3.8) is 0 Å². The van der Waals surface area contributed by atoms with E-state index in [1.807, 2.05) is 0 Å². The van der Waals surface area contributed by atoms with E-state index in [9.17, 15) is 23.6 Å². The molecule has 1 aromatic carbocycles. The number of hydrogen-bond acceptors (Lipinski definition) is 5. The van der Waals surface area contributed by atoms with Gasteiger partial charge in [0, 0.05) is 19.4 Å². The Balaban J connectivity index is 2.79. The van der Waals surface area contributed by atoms with E-state index in [0.29, 0.717) is 18.2 Å². The van der Waals surface area contributed by atoms with Crippen molar-refractivity contribution in [3.8, 4) is 0 Å². The van der Waals surface area contributed by atoms with Gasteiger partial charge in [0.2, 0.25) is 17.7 Å². The Kier molecular flexibility index (Phi) is 10.2. The Hall–Kier alpha value is -3.10. The summed E-state index contributed by atoms with van der Waals surface area (Å²) in [5.41, 5.74) is 0.669. The number of benzene rings is 1. The monoisotopic (exact) mass is 406 g/mol. The molecular formula is C20H27FN4O4. The highest BCUT2D eigenvalue weighted by atomic mass is 19.1. The number of carbonyl (C=O) groups is 4. The average molecular weight is 406 g/mol. The zero-order valence-electron chi connectivity index (χ0n) is 16.6. The smallest absolute Gasteiger partial charge is 0.243 e. The number of nitrogens with one attached hydrogen (secondary N) is 4. The molecule has 0 unspecified atom stereocenters. The van der Waals surface area contributed by atoms with Crippen LogP contribution in [-0.2, 0) is 25.7 Å². The van der Waals surface area contributed by atoms with Crippen molar-refractivity contribution in [1.29, 1.82) is 5.41 Å². The minimum Gasteiger partial charge on any atom is -0.350 e. The zero-order chi connectivity index (χ0) is 21.8. The van der Waals surface area contributed by atoms with E-state index in [1.165, 1.54) is 24.3 Å². The molecule has 0 saturated heterocycles. The molecule has 0 spiro atoms. The van der Waals surface area contributed by atoms with Gasteiger partial charge in [-0.2, -0.15) is 0 Å². The highest BCUT2D eigenvalue weighted by Gasteiger charge is 2.25. The maximum absolute atomic E-state index is 13.0. The van der Waals surface area contributed by atoms with Gasteiger partial charge in [0.1, 0.15) is 17.9 Å². The molecule has 9 heteroatoms. The number of rotatable bonds is 12. The molecule has 158 valence electrons. The molecule has 0 radical (unpaired) electrons. The van der Waals surface area contributed by atoms with Gasteiger partial charge in [-0.1, -0.05) is 26.0 Å². The van der Waals surface area contributed by atoms with E-state index in [2.05, 4.69) is 16.0 Å². The molecule has 0 aliphatic rings. The molecule has 2 atom stereocenters. The van der Waals surface area contributed by atoms with Gasteiger partial charge in [-0.05, 0) is 30.5 Å². The lowest BCUT2D eigenvalue weighted by Crippen LogP contribution is -2.53.